The van der Waals surface area contributed by atoms with Crippen LogP contribution in [0.1, 0.15) is 36.7 Å². The van der Waals surface area contributed by atoms with Crippen LogP contribution in [0.4, 0.5) is 5.69 Å². The minimum absolute atomic E-state index is 0.0409. The number of hydrogen-bond acceptors (Lipinski definition) is 2. The van der Waals surface area contributed by atoms with Gasteiger partial charge in [-0.2, -0.15) is 0 Å². The number of benzene rings is 2. The average molecular weight is 403 g/mol. The van der Waals surface area contributed by atoms with Gasteiger partial charge >= 0.3 is 0 Å². The van der Waals surface area contributed by atoms with Gasteiger partial charge in [-0.05, 0) is 58.1 Å². The summed E-state index contributed by atoms with van der Waals surface area (Å²) in [5.41, 5.74) is 2.40. The molecule has 4 nitrogen and oxygen atoms in total. The fourth-order valence-corrected chi connectivity index (χ4v) is 2.95. The smallest absolute Gasteiger partial charge is 0.253 e. The summed E-state index contributed by atoms with van der Waals surface area (Å²) in [6, 6.07) is 14.3. The van der Waals surface area contributed by atoms with E-state index in [1.165, 1.54) is 0 Å². The van der Waals surface area contributed by atoms with Gasteiger partial charge in [0.2, 0.25) is 5.91 Å². The summed E-state index contributed by atoms with van der Waals surface area (Å²) in [6.45, 7) is 5.88. The van der Waals surface area contributed by atoms with Gasteiger partial charge in [0, 0.05) is 10.2 Å². The van der Waals surface area contributed by atoms with Crippen LogP contribution in [0.2, 0.25) is 0 Å². The highest BCUT2D eigenvalue weighted by Gasteiger charge is 2.25. The summed E-state index contributed by atoms with van der Waals surface area (Å²) in [7, 11) is 0. The van der Waals surface area contributed by atoms with Crippen LogP contribution in [0, 0.1) is 5.92 Å². The molecular formula is C20H23BrN2O2. The van der Waals surface area contributed by atoms with Gasteiger partial charge in [0.25, 0.3) is 5.91 Å². The van der Waals surface area contributed by atoms with Crippen molar-refractivity contribution in [3.63, 3.8) is 0 Å². The number of carbonyl (C=O) groups is 2. The van der Waals surface area contributed by atoms with Gasteiger partial charge in [-0.15, -0.1) is 0 Å². The van der Waals surface area contributed by atoms with Crippen LogP contribution in [0.15, 0.2) is 53.0 Å². The molecule has 0 spiro atoms. The van der Waals surface area contributed by atoms with Crippen molar-refractivity contribution in [3.8, 4) is 0 Å². The van der Waals surface area contributed by atoms with Crippen molar-refractivity contribution in [1.29, 1.82) is 0 Å². The quantitative estimate of drug-likeness (QED) is 0.751. The molecule has 2 amide bonds. The zero-order valence-corrected chi connectivity index (χ0v) is 16.3. The van der Waals surface area contributed by atoms with Crippen molar-refractivity contribution < 1.29 is 9.59 Å². The van der Waals surface area contributed by atoms with Crippen molar-refractivity contribution in [2.75, 3.05) is 5.32 Å². The predicted octanol–water partition coefficient (Wildman–Crippen LogP) is 4.40. The van der Waals surface area contributed by atoms with Gasteiger partial charge in [0.15, 0.2) is 0 Å². The molecule has 2 aromatic rings. The molecule has 0 unspecified atom stereocenters. The lowest BCUT2D eigenvalue weighted by Crippen LogP contribution is -2.47. The molecular weight excluding hydrogens is 380 g/mol. The topological polar surface area (TPSA) is 58.2 Å². The van der Waals surface area contributed by atoms with E-state index < -0.39 is 6.04 Å². The van der Waals surface area contributed by atoms with E-state index in [2.05, 4.69) is 33.5 Å². The maximum absolute atomic E-state index is 12.7. The van der Waals surface area contributed by atoms with E-state index in [1.54, 1.807) is 18.2 Å². The lowest BCUT2D eigenvalue weighted by Gasteiger charge is -2.22. The van der Waals surface area contributed by atoms with Gasteiger partial charge in [-0.25, -0.2) is 0 Å². The average Bonchev–Trinajstić information content (AvgIpc) is 2.59. The molecule has 0 saturated heterocycles. The Labute approximate surface area is 157 Å². The van der Waals surface area contributed by atoms with E-state index in [-0.39, 0.29) is 17.7 Å². The molecule has 0 aliphatic carbocycles. The maximum atomic E-state index is 12.7. The highest BCUT2D eigenvalue weighted by molar-refractivity contribution is 9.10. The fraction of sp³-hybridized carbons (Fsp3) is 0.300. The summed E-state index contributed by atoms with van der Waals surface area (Å²) in [5.74, 6) is -0.534. The standard InChI is InChI=1S/C20H23BrN2O2/c1-4-14-8-7-9-15(12-14)22-20(25)18(13(2)3)23-19(24)16-10-5-6-11-17(16)21/h5-13,18H,4H2,1-3H3,(H,22,25)(H,23,24)/t18-/m0/s1. The number of nitrogens with one attached hydrogen (secondary N) is 2. The van der Waals surface area contributed by atoms with E-state index in [4.69, 9.17) is 0 Å². The van der Waals surface area contributed by atoms with E-state index in [1.807, 2.05) is 44.2 Å². The Balaban J connectivity index is 2.13. The summed E-state index contributed by atoms with van der Waals surface area (Å²) < 4.78 is 0.700. The van der Waals surface area contributed by atoms with Crippen LogP contribution in [0.25, 0.3) is 0 Å². The summed E-state index contributed by atoms with van der Waals surface area (Å²) >= 11 is 3.37. The van der Waals surface area contributed by atoms with Crippen LogP contribution in [-0.2, 0) is 11.2 Å². The summed E-state index contributed by atoms with van der Waals surface area (Å²) in [5, 5.41) is 5.75. The van der Waals surface area contributed by atoms with Crippen LogP contribution in [0.5, 0.6) is 0 Å². The van der Waals surface area contributed by atoms with E-state index in [9.17, 15) is 9.59 Å². The Morgan fingerprint density at radius 1 is 1.08 bits per heavy atom. The minimum atomic E-state index is -0.620. The molecule has 0 saturated carbocycles. The number of anilines is 1. The second-order valence-electron chi connectivity index (χ2n) is 6.22. The molecule has 2 aromatic carbocycles. The first kappa shape index (κ1) is 19.2. The molecule has 0 bridgehead atoms. The predicted molar refractivity (Wildman–Crippen MR) is 105 cm³/mol. The molecule has 0 heterocycles. The summed E-state index contributed by atoms with van der Waals surface area (Å²) in [6.07, 6.45) is 0.899. The zero-order chi connectivity index (χ0) is 18.4. The molecule has 132 valence electrons. The Hall–Kier alpha value is -2.14. The molecule has 25 heavy (non-hydrogen) atoms. The first-order valence-corrected chi connectivity index (χ1v) is 9.16. The van der Waals surface area contributed by atoms with Crippen molar-refractivity contribution in [2.45, 2.75) is 33.2 Å². The van der Waals surface area contributed by atoms with Gasteiger partial charge in [0.05, 0.1) is 5.56 Å². The van der Waals surface area contributed by atoms with Crippen LogP contribution in [-0.4, -0.2) is 17.9 Å². The number of hydrogen-bond donors (Lipinski definition) is 2. The molecule has 2 rings (SSSR count). The molecule has 0 aliphatic heterocycles. The van der Waals surface area contributed by atoms with Crippen LogP contribution < -0.4 is 10.6 Å². The SMILES string of the molecule is CCc1cccc(NC(=O)[C@@H](NC(=O)c2ccccc2Br)C(C)C)c1. The van der Waals surface area contributed by atoms with E-state index in [0.29, 0.717) is 10.0 Å². The molecule has 0 aromatic heterocycles. The van der Waals surface area contributed by atoms with Crippen LogP contribution >= 0.6 is 15.9 Å². The number of halogens is 1. The van der Waals surface area contributed by atoms with Gasteiger partial charge in [-0.3, -0.25) is 9.59 Å². The Kier molecular flexibility index (Phi) is 6.76. The normalized spacial score (nSPS) is 11.9. The van der Waals surface area contributed by atoms with Crippen molar-refractivity contribution in [1.82, 2.24) is 5.32 Å². The van der Waals surface area contributed by atoms with Crippen molar-refractivity contribution in [3.05, 3.63) is 64.1 Å². The number of rotatable bonds is 6. The van der Waals surface area contributed by atoms with Gasteiger partial charge < -0.3 is 10.6 Å². The lowest BCUT2D eigenvalue weighted by molar-refractivity contribution is -0.118. The van der Waals surface area contributed by atoms with Crippen molar-refractivity contribution in [2.24, 2.45) is 5.92 Å². The minimum Gasteiger partial charge on any atom is -0.340 e. The van der Waals surface area contributed by atoms with Crippen molar-refractivity contribution >= 4 is 33.4 Å². The zero-order valence-electron chi connectivity index (χ0n) is 14.7. The largest absolute Gasteiger partial charge is 0.340 e. The number of amides is 2. The Morgan fingerprint density at radius 2 is 1.80 bits per heavy atom. The van der Waals surface area contributed by atoms with E-state index >= 15 is 0 Å². The highest BCUT2D eigenvalue weighted by Crippen LogP contribution is 2.17. The molecule has 2 N–H and O–H groups in total. The maximum Gasteiger partial charge on any atom is 0.253 e. The highest BCUT2D eigenvalue weighted by atomic mass is 79.9. The van der Waals surface area contributed by atoms with Gasteiger partial charge in [-0.1, -0.05) is 45.0 Å². The molecule has 0 radical (unpaired) electrons. The second kappa shape index (κ2) is 8.81. The molecule has 1 atom stereocenters. The number of carbonyl (C=O) groups excluding carboxylic acids is 2. The Morgan fingerprint density at radius 3 is 2.44 bits per heavy atom. The fourth-order valence-electron chi connectivity index (χ4n) is 2.49. The lowest BCUT2D eigenvalue weighted by atomic mass is 10.0. The van der Waals surface area contributed by atoms with Gasteiger partial charge in [0.1, 0.15) is 6.04 Å². The third-order valence-corrected chi connectivity index (χ3v) is 4.65. The Bertz CT molecular complexity index is 759. The molecule has 0 fully saturated rings. The first-order valence-electron chi connectivity index (χ1n) is 8.37. The third kappa shape index (κ3) is 5.16. The van der Waals surface area contributed by atoms with Crippen LogP contribution in [0.3, 0.4) is 0 Å². The monoisotopic (exact) mass is 402 g/mol. The first-order chi connectivity index (χ1) is 11.9. The number of aryl methyl sites for hydroxylation is 1. The van der Waals surface area contributed by atoms with E-state index in [0.717, 1.165) is 17.7 Å². The molecule has 0 aliphatic rings. The third-order valence-electron chi connectivity index (χ3n) is 3.96. The summed E-state index contributed by atoms with van der Waals surface area (Å²) in [4.78, 5) is 25.2. The molecule has 5 heteroatoms. The second-order valence-corrected chi connectivity index (χ2v) is 7.07.